The zero-order chi connectivity index (χ0) is 12.8. The standard InChI is InChI=1S/C14H25N3/c1-10(2)16-8-11-7-15-9-17(11)12-13(3,4)14(12,5)6/h7,9-10,12,16H,8H2,1-6H3. The third-order valence-electron chi connectivity index (χ3n) is 4.66. The summed E-state index contributed by atoms with van der Waals surface area (Å²) in [5, 5.41) is 3.46. The van der Waals surface area contributed by atoms with E-state index in [1.807, 2.05) is 12.5 Å². The normalized spacial score (nSPS) is 22.1. The molecular formula is C14H25N3. The first-order chi connectivity index (χ1) is 7.78. The molecule has 3 nitrogen and oxygen atoms in total. The van der Waals surface area contributed by atoms with Gasteiger partial charge in [-0.1, -0.05) is 41.5 Å². The van der Waals surface area contributed by atoms with Gasteiger partial charge in [0, 0.05) is 24.8 Å². The topological polar surface area (TPSA) is 29.9 Å². The van der Waals surface area contributed by atoms with Crippen molar-refractivity contribution in [1.29, 1.82) is 0 Å². The summed E-state index contributed by atoms with van der Waals surface area (Å²) in [4.78, 5) is 4.32. The number of nitrogens with zero attached hydrogens (tertiary/aromatic N) is 2. The van der Waals surface area contributed by atoms with Gasteiger partial charge in [-0.2, -0.15) is 0 Å². The lowest BCUT2D eigenvalue weighted by atomic mass is 10.0. The second kappa shape index (κ2) is 3.84. The molecular weight excluding hydrogens is 210 g/mol. The maximum Gasteiger partial charge on any atom is 0.0951 e. The molecule has 0 saturated heterocycles. The van der Waals surface area contributed by atoms with Gasteiger partial charge in [0.05, 0.1) is 12.0 Å². The molecule has 17 heavy (non-hydrogen) atoms. The van der Waals surface area contributed by atoms with Crippen LogP contribution in [0.4, 0.5) is 0 Å². The molecule has 3 heteroatoms. The molecule has 0 spiro atoms. The van der Waals surface area contributed by atoms with Crippen LogP contribution in [0.25, 0.3) is 0 Å². The molecule has 96 valence electrons. The molecule has 1 aromatic heterocycles. The smallest absolute Gasteiger partial charge is 0.0951 e. The van der Waals surface area contributed by atoms with Crippen LogP contribution < -0.4 is 5.32 Å². The molecule has 2 rings (SSSR count). The van der Waals surface area contributed by atoms with Crippen molar-refractivity contribution in [2.75, 3.05) is 0 Å². The molecule has 0 bridgehead atoms. The molecule has 1 N–H and O–H groups in total. The van der Waals surface area contributed by atoms with Gasteiger partial charge in [-0.3, -0.25) is 0 Å². The molecule has 1 aromatic rings. The minimum absolute atomic E-state index is 0.361. The van der Waals surface area contributed by atoms with Crippen molar-refractivity contribution < 1.29 is 0 Å². The van der Waals surface area contributed by atoms with E-state index < -0.39 is 0 Å². The Morgan fingerprint density at radius 3 is 2.35 bits per heavy atom. The van der Waals surface area contributed by atoms with E-state index >= 15 is 0 Å². The van der Waals surface area contributed by atoms with Crippen molar-refractivity contribution in [3.63, 3.8) is 0 Å². The molecule has 0 radical (unpaired) electrons. The quantitative estimate of drug-likeness (QED) is 0.869. The number of hydrogen-bond donors (Lipinski definition) is 1. The highest BCUT2D eigenvalue weighted by Gasteiger charge is 2.66. The molecule has 1 fully saturated rings. The first kappa shape index (κ1) is 12.6. The first-order valence-electron chi connectivity index (χ1n) is 6.52. The van der Waals surface area contributed by atoms with Crippen LogP contribution in [-0.2, 0) is 6.54 Å². The lowest BCUT2D eigenvalue weighted by Crippen LogP contribution is -2.23. The van der Waals surface area contributed by atoms with Crippen LogP contribution in [0, 0.1) is 10.8 Å². The summed E-state index contributed by atoms with van der Waals surface area (Å²) in [6, 6.07) is 1.08. The Balaban J connectivity index is 2.16. The summed E-state index contributed by atoms with van der Waals surface area (Å²) in [5.74, 6) is 0. The van der Waals surface area contributed by atoms with E-state index in [1.165, 1.54) is 5.69 Å². The van der Waals surface area contributed by atoms with E-state index in [-0.39, 0.29) is 0 Å². The van der Waals surface area contributed by atoms with Crippen LogP contribution in [0.3, 0.4) is 0 Å². The van der Waals surface area contributed by atoms with Gasteiger partial charge in [0.25, 0.3) is 0 Å². The summed E-state index contributed by atoms with van der Waals surface area (Å²) in [6.45, 7) is 14.6. The predicted molar refractivity (Wildman–Crippen MR) is 70.8 cm³/mol. The molecule has 0 unspecified atom stereocenters. The van der Waals surface area contributed by atoms with Crippen LogP contribution in [0.1, 0.15) is 53.3 Å². The van der Waals surface area contributed by atoms with Crippen molar-refractivity contribution in [3.05, 3.63) is 18.2 Å². The first-order valence-corrected chi connectivity index (χ1v) is 6.52. The lowest BCUT2D eigenvalue weighted by molar-refractivity contribution is 0.457. The van der Waals surface area contributed by atoms with Crippen molar-refractivity contribution in [1.82, 2.24) is 14.9 Å². The van der Waals surface area contributed by atoms with Crippen molar-refractivity contribution in [2.45, 2.75) is 60.2 Å². The maximum atomic E-state index is 4.32. The van der Waals surface area contributed by atoms with Gasteiger partial charge >= 0.3 is 0 Å². The fourth-order valence-electron chi connectivity index (χ4n) is 2.87. The molecule has 1 aliphatic rings. The minimum atomic E-state index is 0.361. The van der Waals surface area contributed by atoms with Crippen LogP contribution in [0.5, 0.6) is 0 Å². The number of rotatable bonds is 4. The van der Waals surface area contributed by atoms with Gasteiger partial charge in [0.2, 0.25) is 0 Å². The Labute approximate surface area is 105 Å². The number of nitrogens with one attached hydrogen (secondary N) is 1. The zero-order valence-corrected chi connectivity index (χ0v) is 11.9. The van der Waals surface area contributed by atoms with E-state index in [0.29, 0.717) is 22.9 Å². The second-order valence-corrected chi connectivity index (χ2v) is 6.67. The average Bonchev–Trinajstić information content (AvgIpc) is 2.54. The van der Waals surface area contributed by atoms with Crippen molar-refractivity contribution in [3.8, 4) is 0 Å². The Bertz CT molecular complexity index is 387. The Kier molecular flexibility index (Phi) is 2.85. The number of aromatic nitrogens is 2. The fraction of sp³-hybridized carbons (Fsp3) is 0.786. The molecule has 0 atom stereocenters. The van der Waals surface area contributed by atoms with Gasteiger partial charge in [-0.05, 0) is 10.8 Å². The average molecular weight is 235 g/mol. The molecule has 0 amide bonds. The maximum absolute atomic E-state index is 4.32. The fourth-order valence-corrected chi connectivity index (χ4v) is 2.87. The van der Waals surface area contributed by atoms with Gasteiger partial charge in [-0.15, -0.1) is 0 Å². The lowest BCUT2D eigenvalue weighted by Gasteiger charge is -2.12. The van der Waals surface area contributed by atoms with E-state index in [4.69, 9.17) is 0 Å². The summed E-state index contributed by atoms with van der Waals surface area (Å²) in [5.41, 5.74) is 2.02. The van der Waals surface area contributed by atoms with Gasteiger partial charge in [-0.25, -0.2) is 4.98 Å². The Morgan fingerprint density at radius 1 is 1.29 bits per heavy atom. The van der Waals surface area contributed by atoms with Crippen LogP contribution in [0.15, 0.2) is 12.5 Å². The van der Waals surface area contributed by atoms with E-state index in [2.05, 4.69) is 56.4 Å². The summed E-state index contributed by atoms with van der Waals surface area (Å²) in [7, 11) is 0. The SMILES string of the molecule is CC(C)NCc1cncn1C1C(C)(C)C1(C)C. The van der Waals surface area contributed by atoms with E-state index in [9.17, 15) is 0 Å². The highest BCUT2D eigenvalue weighted by Crippen LogP contribution is 2.71. The minimum Gasteiger partial charge on any atom is -0.329 e. The third-order valence-corrected chi connectivity index (χ3v) is 4.66. The molecule has 1 heterocycles. The predicted octanol–water partition coefficient (Wildman–Crippen LogP) is 2.99. The van der Waals surface area contributed by atoms with Crippen LogP contribution in [-0.4, -0.2) is 15.6 Å². The summed E-state index contributed by atoms with van der Waals surface area (Å²) in [6.07, 6.45) is 3.97. The highest BCUT2D eigenvalue weighted by molar-refractivity contribution is 5.19. The number of hydrogen-bond acceptors (Lipinski definition) is 2. The van der Waals surface area contributed by atoms with E-state index in [1.54, 1.807) is 0 Å². The van der Waals surface area contributed by atoms with Gasteiger partial charge in [0.15, 0.2) is 0 Å². The Hall–Kier alpha value is -0.830. The summed E-state index contributed by atoms with van der Waals surface area (Å²) < 4.78 is 2.36. The van der Waals surface area contributed by atoms with Gasteiger partial charge in [0.1, 0.15) is 0 Å². The molecule has 1 aliphatic carbocycles. The van der Waals surface area contributed by atoms with Crippen molar-refractivity contribution >= 4 is 0 Å². The number of imidazole rings is 1. The van der Waals surface area contributed by atoms with Gasteiger partial charge < -0.3 is 9.88 Å². The second-order valence-electron chi connectivity index (χ2n) is 6.67. The van der Waals surface area contributed by atoms with Crippen LogP contribution in [0.2, 0.25) is 0 Å². The van der Waals surface area contributed by atoms with Crippen LogP contribution >= 0.6 is 0 Å². The monoisotopic (exact) mass is 235 g/mol. The summed E-state index contributed by atoms with van der Waals surface area (Å²) >= 11 is 0. The van der Waals surface area contributed by atoms with E-state index in [0.717, 1.165) is 6.54 Å². The molecule has 1 saturated carbocycles. The molecule has 0 aromatic carbocycles. The zero-order valence-electron chi connectivity index (χ0n) is 11.9. The highest BCUT2D eigenvalue weighted by atomic mass is 15.2. The third kappa shape index (κ3) is 1.90. The van der Waals surface area contributed by atoms with Crippen molar-refractivity contribution in [2.24, 2.45) is 10.8 Å². The molecule has 0 aliphatic heterocycles. The Morgan fingerprint density at radius 2 is 1.88 bits per heavy atom. The largest absolute Gasteiger partial charge is 0.329 e.